The van der Waals surface area contributed by atoms with Crippen LogP contribution in [0.15, 0.2) is 18.2 Å². The van der Waals surface area contributed by atoms with Gasteiger partial charge in [-0.25, -0.2) is 0 Å². The maximum absolute atomic E-state index is 6.43. The quantitative estimate of drug-likeness (QED) is 0.902. The summed E-state index contributed by atoms with van der Waals surface area (Å²) >= 11 is 0. The number of rotatable bonds is 5. The van der Waals surface area contributed by atoms with Gasteiger partial charge in [0.1, 0.15) is 0 Å². The number of nitrogens with two attached hydrogens (primary N) is 1. The zero-order chi connectivity index (χ0) is 14.7. The van der Waals surface area contributed by atoms with Crippen molar-refractivity contribution in [3.05, 3.63) is 34.9 Å². The van der Waals surface area contributed by atoms with Gasteiger partial charge in [-0.15, -0.1) is 0 Å². The van der Waals surface area contributed by atoms with Gasteiger partial charge in [-0.3, -0.25) is 4.90 Å². The van der Waals surface area contributed by atoms with Crippen molar-refractivity contribution in [3.8, 4) is 0 Å². The molecule has 1 fully saturated rings. The molecule has 2 aliphatic rings. The Bertz CT molecular complexity index is 472. The molecule has 0 aromatic heterocycles. The Kier molecular flexibility index (Phi) is 4.94. The predicted octanol–water partition coefficient (Wildman–Crippen LogP) is 2.16. The summed E-state index contributed by atoms with van der Waals surface area (Å²) in [5, 5.41) is 0. The van der Waals surface area contributed by atoms with E-state index in [-0.39, 0.29) is 12.1 Å². The molecule has 21 heavy (non-hydrogen) atoms. The Hall–Kier alpha value is -0.900. The first-order chi connectivity index (χ1) is 10.3. The Morgan fingerprint density at radius 1 is 1.33 bits per heavy atom. The van der Waals surface area contributed by atoms with Crippen LogP contribution in [0, 0.1) is 0 Å². The van der Waals surface area contributed by atoms with E-state index in [0.717, 1.165) is 32.7 Å². The van der Waals surface area contributed by atoms with Gasteiger partial charge in [0.15, 0.2) is 0 Å². The molecular weight excluding hydrogens is 260 g/mol. The average molecular weight is 288 g/mol. The van der Waals surface area contributed by atoms with Crippen LogP contribution in [0.3, 0.4) is 0 Å². The third kappa shape index (κ3) is 3.65. The Morgan fingerprint density at radius 3 is 3.05 bits per heavy atom. The van der Waals surface area contributed by atoms with Crippen molar-refractivity contribution in [2.24, 2.45) is 5.73 Å². The van der Waals surface area contributed by atoms with E-state index < -0.39 is 0 Å². The van der Waals surface area contributed by atoms with Gasteiger partial charge in [0.2, 0.25) is 0 Å². The minimum atomic E-state index is 0.101. The molecule has 0 radical (unpaired) electrons. The molecule has 0 amide bonds. The summed E-state index contributed by atoms with van der Waals surface area (Å²) in [4.78, 5) is 2.48. The fourth-order valence-electron chi connectivity index (χ4n) is 3.67. The van der Waals surface area contributed by atoms with Gasteiger partial charge in [-0.2, -0.15) is 0 Å². The highest BCUT2D eigenvalue weighted by Crippen LogP contribution is 2.23. The number of ether oxygens (including phenoxy) is 1. The van der Waals surface area contributed by atoms with Gasteiger partial charge >= 0.3 is 0 Å². The van der Waals surface area contributed by atoms with Crippen molar-refractivity contribution < 1.29 is 4.74 Å². The summed E-state index contributed by atoms with van der Waals surface area (Å²) in [7, 11) is 0. The monoisotopic (exact) mass is 288 g/mol. The van der Waals surface area contributed by atoms with E-state index in [1.165, 1.54) is 42.4 Å². The van der Waals surface area contributed by atoms with Crippen molar-refractivity contribution in [2.75, 3.05) is 26.2 Å². The Labute approximate surface area is 128 Å². The molecule has 3 heteroatoms. The maximum Gasteiger partial charge on any atom is 0.0856 e. The summed E-state index contributed by atoms with van der Waals surface area (Å²) in [6, 6.07) is 7.03. The smallest absolute Gasteiger partial charge is 0.0856 e. The molecule has 1 aliphatic heterocycles. The number of hydrogen-bond donors (Lipinski definition) is 1. The van der Waals surface area contributed by atoms with Crippen LogP contribution in [0.2, 0.25) is 0 Å². The molecule has 0 spiro atoms. The lowest BCUT2D eigenvalue weighted by molar-refractivity contribution is -0.0400. The molecule has 2 atom stereocenters. The van der Waals surface area contributed by atoms with Crippen molar-refractivity contribution in [1.29, 1.82) is 0 Å². The minimum Gasteiger partial charge on any atom is -0.374 e. The lowest BCUT2D eigenvalue weighted by atomic mass is 9.98. The lowest BCUT2D eigenvalue weighted by Crippen LogP contribution is -2.51. The fraction of sp³-hybridized carbons (Fsp3) is 0.667. The number of nitrogens with zero attached hydrogens (tertiary/aromatic N) is 1. The van der Waals surface area contributed by atoms with Gasteiger partial charge in [-0.1, -0.05) is 25.1 Å². The normalized spacial score (nSPS) is 24.0. The Balaban J connectivity index is 1.59. The number of aryl methyl sites for hydroxylation is 2. The van der Waals surface area contributed by atoms with Crippen LogP contribution in [0.1, 0.15) is 36.5 Å². The third-order valence-corrected chi connectivity index (χ3v) is 4.83. The van der Waals surface area contributed by atoms with E-state index >= 15 is 0 Å². The van der Waals surface area contributed by atoms with Crippen molar-refractivity contribution >= 4 is 0 Å². The van der Waals surface area contributed by atoms with Gasteiger partial charge in [-0.05, 0) is 55.3 Å². The second kappa shape index (κ2) is 6.91. The first-order valence-corrected chi connectivity index (χ1v) is 8.46. The molecule has 2 unspecified atom stereocenters. The van der Waals surface area contributed by atoms with Gasteiger partial charge in [0.05, 0.1) is 12.7 Å². The molecule has 3 nitrogen and oxygen atoms in total. The van der Waals surface area contributed by atoms with E-state index in [1.54, 1.807) is 0 Å². The topological polar surface area (TPSA) is 38.5 Å². The molecule has 1 saturated heterocycles. The van der Waals surface area contributed by atoms with Crippen molar-refractivity contribution in [2.45, 2.75) is 51.2 Å². The highest BCUT2D eigenvalue weighted by molar-refractivity contribution is 5.35. The van der Waals surface area contributed by atoms with Gasteiger partial charge < -0.3 is 10.5 Å². The molecule has 3 rings (SSSR count). The number of morpholine rings is 1. The Morgan fingerprint density at radius 2 is 2.19 bits per heavy atom. The van der Waals surface area contributed by atoms with E-state index in [4.69, 9.17) is 10.5 Å². The van der Waals surface area contributed by atoms with Crippen LogP contribution in [-0.4, -0.2) is 43.3 Å². The summed E-state index contributed by atoms with van der Waals surface area (Å²) in [5.74, 6) is 0. The summed E-state index contributed by atoms with van der Waals surface area (Å²) < 4.78 is 5.91. The van der Waals surface area contributed by atoms with E-state index in [0.29, 0.717) is 0 Å². The van der Waals surface area contributed by atoms with Crippen LogP contribution in [-0.2, 0) is 24.0 Å². The molecule has 0 bridgehead atoms. The standard InChI is InChI=1S/C18H28N2O/c1-2-8-20-9-10-21-18(13-20)17(19)12-14-6-7-15-4-3-5-16(15)11-14/h6-7,11,17-18H,2-5,8-10,12-13,19H2,1H3. The number of hydrogen-bond acceptors (Lipinski definition) is 3. The molecule has 1 aliphatic carbocycles. The van der Waals surface area contributed by atoms with Gasteiger partial charge in [0, 0.05) is 19.1 Å². The fourth-order valence-corrected chi connectivity index (χ4v) is 3.67. The van der Waals surface area contributed by atoms with Crippen LogP contribution in [0.5, 0.6) is 0 Å². The average Bonchev–Trinajstić information content (AvgIpc) is 2.95. The second-order valence-corrected chi connectivity index (χ2v) is 6.53. The zero-order valence-electron chi connectivity index (χ0n) is 13.2. The largest absolute Gasteiger partial charge is 0.374 e. The minimum absolute atomic E-state index is 0.101. The molecule has 0 saturated carbocycles. The van der Waals surface area contributed by atoms with E-state index in [1.807, 2.05) is 0 Å². The number of benzene rings is 1. The molecule has 116 valence electrons. The van der Waals surface area contributed by atoms with E-state index in [2.05, 4.69) is 30.0 Å². The zero-order valence-corrected chi connectivity index (χ0v) is 13.2. The lowest BCUT2D eigenvalue weighted by Gasteiger charge is -2.35. The van der Waals surface area contributed by atoms with Crippen LogP contribution in [0.4, 0.5) is 0 Å². The van der Waals surface area contributed by atoms with E-state index in [9.17, 15) is 0 Å². The number of fused-ring (bicyclic) bond motifs is 1. The predicted molar refractivity (Wildman–Crippen MR) is 86.6 cm³/mol. The van der Waals surface area contributed by atoms with Gasteiger partial charge in [0.25, 0.3) is 0 Å². The van der Waals surface area contributed by atoms with Crippen molar-refractivity contribution in [1.82, 2.24) is 4.90 Å². The second-order valence-electron chi connectivity index (χ2n) is 6.53. The van der Waals surface area contributed by atoms with Crippen molar-refractivity contribution in [3.63, 3.8) is 0 Å². The highest BCUT2D eigenvalue weighted by atomic mass is 16.5. The summed E-state index contributed by atoms with van der Waals surface area (Å²) in [6.07, 6.45) is 6.11. The summed E-state index contributed by atoms with van der Waals surface area (Å²) in [5.41, 5.74) is 10.9. The molecular formula is C18H28N2O. The molecule has 1 aromatic carbocycles. The van der Waals surface area contributed by atoms with Crippen LogP contribution >= 0.6 is 0 Å². The molecule has 2 N–H and O–H groups in total. The summed E-state index contributed by atoms with van der Waals surface area (Å²) in [6.45, 7) is 6.25. The molecule has 1 heterocycles. The third-order valence-electron chi connectivity index (χ3n) is 4.83. The first kappa shape index (κ1) is 15.0. The van der Waals surface area contributed by atoms with Crippen LogP contribution < -0.4 is 5.73 Å². The molecule has 1 aromatic rings. The first-order valence-electron chi connectivity index (χ1n) is 8.46. The maximum atomic E-state index is 6.43. The van der Waals surface area contributed by atoms with Crippen LogP contribution in [0.25, 0.3) is 0 Å². The highest BCUT2D eigenvalue weighted by Gasteiger charge is 2.25. The SMILES string of the molecule is CCCN1CCOC(C(N)Cc2ccc3c(c2)CCC3)C1.